The highest BCUT2D eigenvalue weighted by Crippen LogP contribution is 1.87. The molecule has 0 aliphatic rings. The van der Waals surface area contributed by atoms with E-state index < -0.39 is 12.0 Å². The van der Waals surface area contributed by atoms with Crippen LogP contribution in [0.4, 0.5) is 0 Å². The van der Waals surface area contributed by atoms with Crippen LogP contribution in [0.2, 0.25) is 0 Å². The summed E-state index contributed by atoms with van der Waals surface area (Å²) in [6, 6.07) is -0.866. The van der Waals surface area contributed by atoms with Gasteiger partial charge in [0.1, 0.15) is 6.04 Å². The Morgan fingerprint density at radius 3 is 2.82 bits per heavy atom. The predicted octanol–water partition coefficient (Wildman–Crippen LogP) is -1.77. The fraction of sp³-hybridized carbons (Fsp3) is 0.800. The van der Waals surface area contributed by atoms with Crippen molar-refractivity contribution in [3.05, 3.63) is 0 Å². The summed E-state index contributed by atoms with van der Waals surface area (Å²) in [5, 5.41) is 8.31. The first-order valence-corrected chi connectivity index (χ1v) is 3.21. The molecule has 0 amide bonds. The van der Waals surface area contributed by atoms with Crippen LogP contribution in [-0.4, -0.2) is 30.4 Å². The molecule has 1 atom stereocenters. The highest BCUT2D eigenvalue weighted by atomic mass is 16.6. The summed E-state index contributed by atoms with van der Waals surface area (Å²) in [6.07, 6.45) is 0.266. The molecular formula is C5H13N3O3. The molecule has 0 aromatic carbocycles. The number of rotatable bonds is 6. The van der Waals surface area contributed by atoms with Gasteiger partial charge in [-0.25, -0.2) is 0 Å². The zero-order chi connectivity index (χ0) is 8.69. The first kappa shape index (κ1) is 10.3. The Bertz CT molecular complexity index is 120. The Labute approximate surface area is 64.5 Å². The molecule has 11 heavy (non-hydrogen) atoms. The lowest BCUT2D eigenvalue weighted by Gasteiger charge is -2.05. The number of nitrogens with one attached hydrogen (secondary N) is 1. The average Bonchev–Trinajstić information content (AvgIpc) is 1.97. The minimum absolute atomic E-state index is 0.197. The Kier molecular flexibility index (Phi) is 5.67. The van der Waals surface area contributed by atoms with Crippen molar-refractivity contribution in [3.63, 3.8) is 0 Å². The lowest BCUT2D eigenvalue weighted by atomic mass is 10.2. The van der Waals surface area contributed by atoms with Crippen molar-refractivity contribution in [2.24, 2.45) is 11.5 Å². The van der Waals surface area contributed by atoms with E-state index in [0.717, 1.165) is 0 Å². The molecule has 0 aromatic heterocycles. The van der Waals surface area contributed by atoms with Gasteiger partial charge in [0, 0.05) is 0 Å². The number of hydrogen-bond acceptors (Lipinski definition) is 5. The van der Waals surface area contributed by atoms with E-state index in [0.29, 0.717) is 0 Å². The summed E-state index contributed by atoms with van der Waals surface area (Å²) in [5.74, 6) is -1.03. The summed E-state index contributed by atoms with van der Waals surface area (Å²) in [6.45, 7) is 0.437. The van der Waals surface area contributed by atoms with Crippen LogP contribution in [0.3, 0.4) is 0 Å². The van der Waals surface area contributed by atoms with E-state index in [2.05, 4.69) is 10.3 Å². The molecule has 0 aliphatic carbocycles. The first-order valence-electron chi connectivity index (χ1n) is 3.21. The van der Waals surface area contributed by atoms with Crippen molar-refractivity contribution < 1.29 is 14.7 Å². The summed E-state index contributed by atoms with van der Waals surface area (Å²) < 4.78 is 0. The van der Waals surface area contributed by atoms with E-state index in [4.69, 9.17) is 16.6 Å². The molecule has 0 aromatic rings. The van der Waals surface area contributed by atoms with Crippen molar-refractivity contribution >= 4 is 5.97 Å². The Balaban J connectivity index is 3.17. The fourth-order valence-electron chi connectivity index (χ4n) is 0.440. The summed E-state index contributed by atoms with van der Waals surface area (Å²) >= 11 is 0. The van der Waals surface area contributed by atoms with Crippen LogP contribution in [0.15, 0.2) is 0 Å². The third kappa shape index (κ3) is 5.74. The maximum absolute atomic E-state index is 10.1. The Hall–Kier alpha value is -0.690. The molecule has 6 N–H and O–H groups in total. The average molecular weight is 163 g/mol. The molecule has 0 saturated carbocycles. The molecule has 0 heterocycles. The van der Waals surface area contributed by atoms with Gasteiger partial charge in [-0.05, 0) is 6.42 Å². The molecule has 0 radical (unpaired) electrons. The van der Waals surface area contributed by atoms with E-state index in [-0.39, 0.29) is 19.7 Å². The van der Waals surface area contributed by atoms with Crippen LogP contribution in [0.25, 0.3) is 0 Å². The largest absolute Gasteiger partial charge is 0.480 e. The second-order valence-electron chi connectivity index (χ2n) is 1.93. The molecule has 6 heteroatoms. The van der Waals surface area contributed by atoms with Gasteiger partial charge in [-0.1, -0.05) is 0 Å². The molecule has 66 valence electrons. The second-order valence-corrected chi connectivity index (χ2v) is 1.93. The summed E-state index contributed by atoms with van der Waals surface area (Å²) in [4.78, 5) is 14.8. The van der Waals surface area contributed by atoms with Crippen molar-refractivity contribution in [2.75, 3.05) is 13.3 Å². The van der Waals surface area contributed by atoms with Gasteiger partial charge in [-0.15, -0.1) is 0 Å². The van der Waals surface area contributed by atoms with Crippen LogP contribution >= 0.6 is 0 Å². The monoisotopic (exact) mass is 163 g/mol. The molecular weight excluding hydrogens is 150 g/mol. The van der Waals surface area contributed by atoms with E-state index in [9.17, 15) is 4.79 Å². The number of hydroxylamine groups is 1. The van der Waals surface area contributed by atoms with Gasteiger partial charge < -0.3 is 21.4 Å². The number of hydrogen-bond donors (Lipinski definition) is 4. The number of carboxylic acid groups (broad SMARTS) is 1. The number of nitrogens with two attached hydrogens (primary N) is 2. The minimum atomic E-state index is -1.03. The van der Waals surface area contributed by atoms with E-state index in [1.165, 1.54) is 0 Å². The highest BCUT2D eigenvalue weighted by molar-refractivity contribution is 5.72. The number of carbonyl (C=O) groups is 1. The zero-order valence-corrected chi connectivity index (χ0v) is 6.12. The van der Waals surface area contributed by atoms with Crippen LogP contribution in [-0.2, 0) is 9.63 Å². The van der Waals surface area contributed by atoms with Gasteiger partial charge >= 0.3 is 5.97 Å². The Morgan fingerprint density at radius 1 is 1.73 bits per heavy atom. The van der Waals surface area contributed by atoms with E-state index in [1.54, 1.807) is 0 Å². The van der Waals surface area contributed by atoms with Crippen LogP contribution in [0.5, 0.6) is 0 Å². The van der Waals surface area contributed by atoms with Crippen molar-refractivity contribution in [1.29, 1.82) is 0 Å². The van der Waals surface area contributed by atoms with Gasteiger partial charge in [0.2, 0.25) is 0 Å². The van der Waals surface area contributed by atoms with Gasteiger partial charge in [0.15, 0.2) is 0 Å². The SMILES string of the molecule is NCNOCC[C@H](N)C(=O)O. The third-order valence-electron chi connectivity index (χ3n) is 1.03. The van der Waals surface area contributed by atoms with Crippen molar-refractivity contribution in [3.8, 4) is 0 Å². The molecule has 0 aliphatic heterocycles. The molecule has 0 saturated heterocycles. The molecule has 6 nitrogen and oxygen atoms in total. The molecule has 0 fully saturated rings. The van der Waals surface area contributed by atoms with E-state index in [1.807, 2.05) is 0 Å². The van der Waals surface area contributed by atoms with Gasteiger partial charge in [0.25, 0.3) is 0 Å². The second kappa shape index (κ2) is 6.05. The minimum Gasteiger partial charge on any atom is -0.480 e. The third-order valence-corrected chi connectivity index (χ3v) is 1.03. The summed E-state index contributed by atoms with van der Waals surface area (Å²) in [7, 11) is 0. The standard InChI is InChI=1S/C5H13N3O3/c6-3-8-11-2-1-4(7)5(9)10/h4,8H,1-3,6-7H2,(H,9,10)/t4-/m0/s1. The van der Waals surface area contributed by atoms with Gasteiger partial charge in [0.05, 0.1) is 13.3 Å². The van der Waals surface area contributed by atoms with Gasteiger partial charge in [-0.2, -0.15) is 5.48 Å². The van der Waals surface area contributed by atoms with Crippen molar-refractivity contribution in [1.82, 2.24) is 5.48 Å². The van der Waals surface area contributed by atoms with Crippen LogP contribution in [0, 0.1) is 0 Å². The maximum atomic E-state index is 10.1. The lowest BCUT2D eigenvalue weighted by molar-refractivity contribution is -0.139. The quantitative estimate of drug-likeness (QED) is 0.209. The molecule has 0 rings (SSSR count). The number of carboxylic acids is 1. The van der Waals surface area contributed by atoms with Crippen LogP contribution < -0.4 is 16.9 Å². The molecule has 0 unspecified atom stereocenters. The Morgan fingerprint density at radius 2 is 2.36 bits per heavy atom. The van der Waals surface area contributed by atoms with Gasteiger partial charge in [-0.3, -0.25) is 4.79 Å². The normalized spacial score (nSPS) is 12.9. The zero-order valence-electron chi connectivity index (χ0n) is 6.12. The van der Waals surface area contributed by atoms with E-state index >= 15 is 0 Å². The molecule has 0 spiro atoms. The number of aliphatic carboxylic acids is 1. The smallest absolute Gasteiger partial charge is 0.320 e. The highest BCUT2D eigenvalue weighted by Gasteiger charge is 2.09. The first-order chi connectivity index (χ1) is 5.18. The maximum Gasteiger partial charge on any atom is 0.320 e. The lowest BCUT2D eigenvalue weighted by Crippen LogP contribution is -2.33. The molecule has 0 bridgehead atoms. The fourth-order valence-corrected chi connectivity index (χ4v) is 0.440. The van der Waals surface area contributed by atoms with Crippen molar-refractivity contribution in [2.45, 2.75) is 12.5 Å². The predicted molar refractivity (Wildman–Crippen MR) is 38.4 cm³/mol. The topological polar surface area (TPSA) is 111 Å². The summed E-state index contributed by atoms with van der Waals surface area (Å²) in [5.41, 5.74) is 12.6. The van der Waals surface area contributed by atoms with Crippen LogP contribution in [0.1, 0.15) is 6.42 Å².